The number of carbonyl (C=O) groups is 1. The molecule has 1 aromatic carbocycles. The zero-order chi connectivity index (χ0) is 8.97. The van der Waals surface area contributed by atoms with E-state index in [9.17, 15) is 4.79 Å². The fraction of sp³-hybridized carbons (Fsp3) is 0.222. The van der Waals surface area contributed by atoms with E-state index in [-0.39, 0.29) is 12.3 Å². The number of nitrogens with two attached hydrogens (primary N) is 2. The molecular formula is C9H12N2O. The third kappa shape index (κ3) is 1.90. The highest BCUT2D eigenvalue weighted by Gasteiger charge is 2.12. The number of carbonyl (C=O) groups excluding carboxylic acids is 1. The second-order valence-corrected chi connectivity index (χ2v) is 2.57. The van der Waals surface area contributed by atoms with Gasteiger partial charge in [-0.25, -0.2) is 0 Å². The monoisotopic (exact) mass is 164 g/mol. The fourth-order valence-electron chi connectivity index (χ4n) is 0.924. The molecule has 1 rings (SSSR count). The maximum Gasteiger partial charge on any atom is 0.180 e. The SMILES string of the molecule is NCC(N)C(=O)c1ccccc1. The highest BCUT2D eigenvalue weighted by molar-refractivity contribution is 6.00. The molecule has 1 atom stereocenters. The highest BCUT2D eigenvalue weighted by Crippen LogP contribution is 2.01. The number of ketones is 1. The second kappa shape index (κ2) is 3.99. The number of hydrogen-bond acceptors (Lipinski definition) is 3. The van der Waals surface area contributed by atoms with E-state index < -0.39 is 6.04 Å². The van der Waals surface area contributed by atoms with Crippen molar-refractivity contribution in [2.45, 2.75) is 6.04 Å². The summed E-state index contributed by atoms with van der Waals surface area (Å²) in [7, 11) is 0. The summed E-state index contributed by atoms with van der Waals surface area (Å²) in [5.74, 6) is -0.0990. The molecule has 12 heavy (non-hydrogen) atoms. The first-order valence-electron chi connectivity index (χ1n) is 3.80. The average Bonchev–Trinajstić information content (AvgIpc) is 2.17. The van der Waals surface area contributed by atoms with Crippen molar-refractivity contribution in [3.05, 3.63) is 35.9 Å². The van der Waals surface area contributed by atoms with Gasteiger partial charge in [0.2, 0.25) is 0 Å². The molecule has 1 unspecified atom stereocenters. The zero-order valence-electron chi connectivity index (χ0n) is 6.73. The van der Waals surface area contributed by atoms with Crippen molar-refractivity contribution >= 4 is 5.78 Å². The zero-order valence-corrected chi connectivity index (χ0v) is 6.73. The summed E-state index contributed by atoms with van der Waals surface area (Å²) in [6.07, 6.45) is 0. The molecule has 0 heterocycles. The Bertz CT molecular complexity index is 258. The van der Waals surface area contributed by atoms with E-state index in [1.165, 1.54) is 0 Å². The molecule has 0 saturated heterocycles. The van der Waals surface area contributed by atoms with Gasteiger partial charge in [-0.3, -0.25) is 4.79 Å². The van der Waals surface area contributed by atoms with Gasteiger partial charge in [-0.1, -0.05) is 30.3 Å². The Morgan fingerprint density at radius 1 is 1.33 bits per heavy atom. The van der Waals surface area contributed by atoms with Crippen LogP contribution in [0.4, 0.5) is 0 Å². The molecule has 0 bridgehead atoms. The maximum atomic E-state index is 11.4. The molecule has 3 nitrogen and oxygen atoms in total. The fourth-order valence-corrected chi connectivity index (χ4v) is 0.924. The Morgan fingerprint density at radius 3 is 2.42 bits per heavy atom. The molecule has 1 aromatic rings. The van der Waals surface area contributed by atoms with Crippen LogP contribution in [-0.4, -0.2) is 18.4 Å². The summed E-state index contributed by atoms with van der Waals surface area (Å²) in [4.78, 5) is 11.4. The molecule has 0 fully saturated rings. The van der Waals surface area contributed by atoms with Gasteiger partial charge in [0, 0.05) is 12.1 Å². The van der Waals surface area contributed by atoms with Crippen LogP contribution in [0.2, 0.25) is 0 Å². The van der Waals surface area contributed by atoms with Crippen molar-refractivity contribution in [3.8, 4) is 0 Å². The quantitative estimate of drug-likeness (QED) is 0.625. The van der Waals surface area contributed by atoms with Gasteiger partial charge in [0.05, 0.1) is 6.04 Å². The molecule has 4 N–H and O–H groups in total. The van der Waals surface area contributed by atoms with Gasteiger partial charge in [0.15, 0.2) is 5.78 Å². The van der Waals surface area contributed by atoms with Crippen LogP contribution in [0.1, 0.15) is 10.4 Å². The van der Waals surface area contributed by atoms with E-state index in [0.29, 0.717) is 5.56 Å². The highest BCUT2D eigenvalue weighted by atomic mass is 16.1. The van der Waals surface area contributed by atoms with E-state index in [4.69, 9.17) is 11.5 Å². The smallest absolute Gasteiger partial charge is 0.180 e. The van der Waals surface area contributed by atoms with E-state index in [1.807, 2.05) is 6.07 Å². The third-order valence-corrected chi connectivity index (χ3v) is 1.65. The molecule has 0 aliphatic heterocycles. The lowest BCUT2D eigenvalue weighted by Crippen LogP contribution is -2.37. The summed E-state index contributed by atoms with van der Waals surface area (Å²) < 4.78 is 0. The third-order valence-electron chi connectivity index (χ3n) is 1.65. The Morgan fingerprint density at radius 2 is 1.92 bits per heavy atom. The first-order valence-corrected chi connectivity index (χ1v) is 3.80. The minimum Gasteiger partial charge on any atom is -0.328 e. The lowest BCUT2D eigenvalue weighted by atomic mass is 10.1. The number of hydrogen-bond donors (Lipinski definition) is 2. The van der Waals surface area contributed by atoms with E-state index in [1.54, 1.807) is 24.3 Å². The van der Waals surface area contributed by atoms with Gasteiger partial charge in [-0.15, -0.1) is 0 Å². The maximum absolute atomic E-state index is 11.4. The molecule has 0 radical (unpaired) electrons. The summed E-state index contributed by atoms with van der Waals surface area (Å²) in [6, 6.07) is 8.35. The predicted octanol–water partition coefficient (Wildman–Crippen LogP) is 0.155. The number of Topliss-reactive ketones (excluding diaryl/α,β-unsaturated/α-hetero) is 1. The standard InChI is InChI=1S/C9H12N2O/c10-6-8(11)9(12)7-4-2-1-3-5-7/h1-5,8H,6,10-11H2. The van der Waals surface area contributed by atoms with Gasteiger partial charge in [0.25, 0.3) is 0 Å². The number of rotatable bonds is 3. The van der Waals surface area contributed by atoms with Gasteiger partial charge >= 0.3 is 0 Å². The first-order chi connectivity index (χ1) is 5.75. The Balaban J connectivity index is 2.79. The van der Waals surface area contributed by atoms with E-state index >= 15 is 0 Å². The lowest BCUT2D eigenvalue weighted by molar-refractivity contribution is 0.0964. The number of benzene rings is 1. The molecule has 0 aliphatic rings. The Hall–Kier alpha value is -1.19. The van der Waals surface area contributed by atoms with Gasteiger partial charge in [-0.2, -0.15) is 0 Å². The van der Waals surface area contributed by atoms with Crippen LogP contribution in [0, 0.1) is 0 Å². The van der Waals surface area contributed by atoms with Crippen LogP contribution in [-0.2, 0) is 0 Å². The van der Waals surface area contributed by atoms with Gasteiger partial charge < -0.3 is 11.5 Å². The van der Waals surface area contributed by atoms with Crippen LogP contribution in [0.15, 0.2) is 30.3 Å². The van der Waals surface area contributed by atoms with Crippen molar-refractivity contribution in [3.63, 3.8) is 0 Å². The average molecular weight is 164 g/mol. The van der Waals surface area contributed by atoms with Crippen LogP contribution >= 0.6 is 0 Å². The predicted molar refractivity (Wildman–Crippen MR) is 47.8 cm³/mol. The van der Waals surface area contributed by atoms with Crippen LogP contribution in [0.3, 0.4) is 0 Å². The van der Waals surface area contributed by atoms with Gasteiger partial charge in [-0.05, 0) is 0 Å². The molecule has 0 saturated carbocycles. The van der Waals surface area contributed by atoms with Crippen LogP contribution in [0.5, 0.6) is 0 Å². The summed E-state index contributed by atoms with van der Waals surface area (Å²) in [5.41, 5.74) is 11.4. The topological polar surface area (TPSA) is 69.1 Å². The summed E-state index contributed by atoms with van der Waals surface area (Å²) in [6.45, 7) is 0.188. The first kappa shape index (κ1) is 8.90. The normalized spacial score (nSPS) is 12.5. The van der Waals surface area contributed by atoms with Crippen molar-refractivity contribution < 1.29 is 4.79 Å². The Labute approximate surface area is 71.4 Å². The minimum absolute atomic E-state index is 0.0990. The molecule has 64 valence electrons. The molecule has 0 spiro atoms. The largest absolute Gasteiger partial charge is 0.328 e. The second-order valence-electron chi connectivity index (χ2n) is 2.57. The Kier molecular flexibility index (Phi) is 2.96. The van der Waals surface area contributed by atoms with Crippen molar-refractivity contribution in [1.29, 1.82) is 0 Å². The van der Waals surface area contributed by atoms with Crippen molar-refractivity contribution in [1.82, 2.24) is 0 Å². The van der Waals surface area contributed by atoms with E-state index in [0.717, 1.165) is 0 Å². The van der Waals surface area contributed by atoms with Crippen LogP contribution in [0.25, 0.3) is 0 Å². The molecule has 0 amide bonds. The van der Waals surface area contributed by atoms with Crippen molar-refractivity contribution in [2.24, 2.45) is 11.5 Å². The molecule has 3 heteroatoms. The van der Waals surface area contributed by atoms with Crippen molar-refractivity contribution in [2.75, 3.05) is 6.54 Å². The van der Waals surface area contributed by atoms with E-state index in [2.05, 4.69) is 0 Å². The molecule has 0 aliphatic carbocycles. The molecular weight excluding hydrogens is 152 g/mol. The summed E-state index contributed by atoms with van der Waals surface area (Å²) in [5, 5.41) is 0. The minimum atomic E-state index is -0.576. The van der Waals surface area contributed by atoms with Crippen LogP contribution < -0.4 is 11.5 Å². The van der Waals surface area contributed by atoms with Gasteiger partial charge in [0.1, 0.15) is 0 Å². The lowest BCUT2D eigenvalue weighted by Gasteiger charge is -2.06. The summed E-state index contributed by atoms with van der Waals surface area (Å²) >= 11 is 0. The molecule has 0 aromatic heterocycles.